The van der Waals surface area contributed by atoms with Gasteiger partial charge in [-0.25, -0.2) is 0 Å². The van der Waals surface area contributed by atoms with Crippen molar-refractivity contribution in [1.29, 1.82) is 0 Å². The van der Waals surface area contributed by atoms with Crippen LogP contribution in [0.3, 0.4) is 0 Å². The summed E-state index contributed by atoms with van der Waals surface area (Å²) in [5.74, 6) is 1.24. The molecule has 186 valence electrons. The van der Waals surface area contributed by atoms with Crippen molar-refractivity contribution in [3.63, 3.8) is 0 Å². The quantitative estimate of drug-likeness (QED) is 0.554. The van der Waals surface area contributed by atoms with Crippen LogP contribution >= 0.6 is 11.3 Å². The first-order valence-corrected chi connectivity index (χ1v) is 13.4. The van der Waals surface area contributed by atoms with E-state index in [2.05, 4.69) is 21.2 Å². The number of likely N-dealkylation sites (tertiary alicyclic amines) is 1. The second-order valence-electron chi connectivity index (χ2n) is 9.29. The summed E-state index contributed by atoms with van der Waals surface area (Å²) >= 11 is 1.66. The van der Waals surface area contributed by atoms with Crippen LogP contribution in [0.2, 0.25) is 0 Å². The van der Waals surface area contributed by atoms with Gasteiger partial charge in [-0.05, 0) is 61.0 Å². The van der Waals surface area contributed by atoms with Crippen LogP contribution in [0.25, 0.3) is 0 Å². The molecule has 2 aliphatic heterocycles. The van der Waals surface area contributed by atoms with Crippen LogP contribution in [0, 0.1) is 0 Å². The summed E-state index contributed by atoms with van der Waals surface area (Å²) in [5, 5.41) is 5.11. The largest absolute Gasteiger partial charge is 0.462 e. The molecule has 1 aliphatic carbocycles. The lowest BCUT2D eigenvalue weighted by molar-refractivity contribution is -0.114. The third-order valence-electron chi connectivity index (χ3n) is 6.90. The number of ketones is 1. The van der Waals surface area contributed by atoms with E-state index in [1.165, 1.54) is 0 Å². The number of ether oxygens (including phenoxy) is 1. The van der Waals surface area contributed by atoms with E-state index in [0.717, 1.165) is 66.4 Å². The maximum absolute atomic E-state index is 12.9. The molecule has 1 aromatic heterocycles. The molecule has 0 bridgehead atoms. The van der Waals surface area contributed by atoms with Crippen LogP contribution < -0.4 is 5.32 Å². The van der Waals surface area contributed by atoms with E-state index in [1.54, 1.807) is 29.8 Å². The molecule has 0 unspecified atom stereocenters. The van der Waals surface area contributed by atoms with Crippen LogP contribution in [0.15, 0.2) is 90.0 Å². The first-order valence-electron chi connectivity index (χ1n) is 12.5. The highest BCUT2D eigenvalue weighted by atomic mass is 32.1. The molecule has 1 fully saturated rings. The fourth-order valence-electron chi connectivity index (χ4n) is 4.91. The first kappa shape index (κ1) is 24.3. The number of amides is 1. The maximum Gasteiger partial charge on any atom is 0.251 e. The fourth-order valence-corrected chi connectivity index (χ4v) is 5.55. The van der Waals surface area contributed by atoms with E-state index >= 15 is 0 Å². The number of nitrogens with one attached hydrogen (secondary N) is 1. The predicted molar refractivity (Wildman–Crippen MR) is 142 cm³/mol. The third-order valence-corrected chi connectivity index (χ3v) is 7.78. The predicted octanol–water partition coefficient (Wildman–Crippen LogP) is 4.96. The molecule has 1 N–H and O–H groups in total. The molecular weight excluding hydrogens is 470 g/mol. The van der Waals surface area contributed by atoms with Gasteiger partial charge in [-0.15, -0.1) is 11.3 Å². The van der Waals surface area contributed by atoms with E-state index in [0.29, 0.717) is 18.9 Å². The van der Waals surface area contributed by atoms with Crippen molar-refractivity contribution in [2.24, 2.45) is 0 Å². The molecule has 1 amide bonds. The fraction of sp³-hybridized carbons (Fsp3) is 0.310. The Bertz CT molecular complexity index is 1200. The van der Waals surface area contributed by atoms with Gasteiger partial charge in [0.2, 0.25) is 0 Å². The van der Waals surface area contributed by atoms with Crippen molar-refractivity contribution in [1.82, 2.24) is 15.1 Å². The van der Waals surface area contributed by atoms with E-state index < -0.39 is 0 Å². The highest BCUT2D eigenvalue weighted by molar-refractivity contribution is 7.09. The number of nitrogens with zero attached hydrogens (tertiary/aromatic N) is 2. The van der Waals surface area contributed by atoms with Gasteiger partial charge in [0.05, 0.1) is 6.54 Å². The Morgan fingerprint density at radius 2 is 1.97 bits per heavy atom. The van der Waals surface area contributed by atoms with Gasteiger partial charge in [-0.1, -0.05) is 36.4 Å². The Morgan fingerprint density at radius 1 is 1.11 bits per heavy atom. The summed E-state index contributed by atoms with van der Waals surface area (Å²) in [7, 11) is 0. The lowest BCUT2D eigenvalue weighted by atomic mass is 9.86. The molecule has 36 heavy (non-hydrogen) atoms. The molecule has 3 aliphatic rings. The molecular formula is C29H31N3O3S. The molecule has 0 spiro atoms. The summed E-state index contributed by atoms with van der Waals surface area (Å²) in [6.45, 7) is 4.38. The number of thiophene rings is 1. The Kier molecular flexibility index (Phi) is 7.79. The highest BCUT2D eigenvalue weighted by Crippen LogP contribution is 2.31. The summed E-state index contributed by atoms with van der Waals surface area (Å²) in [4.78, 5) is 30.4. The van der Waals surface area contributed by atoms with Gasteiger partial charge < -0.3 is 19.9 Å². The zero-order chi connectivity index (χ0) is 24.7. The lowest BCUT2D eigenvalue weighted by Crippen LogP contribution is -2.38. The first-order chi connectivity index (χ1) is 17.7. The zero-order valence-electron chi connectivity index (χ0n) is 20.3. The Hall–Kier alpha value is -3.42. The standard InChI is InChI=1S/C29H31N3O3S/c33-24-6-3-5-23(19-24)28-21-32(16-17-35-28)15-14-31-12-10-22(11-13-31)26-8-1-2-9-27(26)29(34)30-20-25-7-4-18-36-25/h1-9,16-18,21-22H,10-15,19-20H2,(H,30,34). The van der Waals surface area contributed by atoms with Gasteiger partial charge >= 0.3 is 0 Å². The van der Waals surface area contributed by atoms with Gasteiger partial charge in [0.25, 0.3) is 5.91 Å². The second-order valence-corrected chi connectivity index (χ2v) is 10.3. The molecule has 5 rings (SSSR count). The van der Waals surface area contributed by atoms with Crippen LogP contribution in [-0.4, -0.2) is 47.7 Å². The van der Waals surface area contributed by atoms with Gasteiger partial charge in [0.15, 0.2) is 5.78 Å². The van der Waals surface area contributed by atoms with Crippen LogP contribution in [0.1, 0.15) is 46.0 Å². The van der Waals surface area contributed by atoms with Crippen molar-refractivity contribution in [2.45, 2.75) is 31.7 Å². The third kappa shape index (κ3) is 6.04. The zero-order valence-corrected chi connectivity index (χ0v) is 21.1. The summed E-state index contributed by atoms with van der Waals surface area (Å²) in [5.41, 5.74) is 2.87. The minimum absolute atomic E-state index is 0.00777. The molecule has 6 nitrogen and oxygen atoms in total. The monoisotopic (exact) mass is 501 g/mol. The van der Waals surface area contributed by atoms with Gasteiger partial charge in [-0.3, -0.25) is 9.59 Å². The smallest absolute Gasteiger partial charge is 0.251 e. The Morgan fingerprint density at radius 3 is 2.78 bits per heavy atom. The minimum atomic E-state index is 0.00777. The number of piperidine rings is 1. The molecule has 0 atom stereocenters. The number of allylic oxidation sites excluding steroid dienone is 4. The van der Waals surface area contributed by atoms with Gasteiger partial charge in [-0.2, -0.15) is 0 Å². The van der Waals surface area contributed by atoms with E-state index in [4.69, 9.17) is 4.74 Å². The lowest BCUT2D eigenvalue weighted by Gasteiger charge is -2.34. The normalized spacial score (nSPS) is 18.6. The van der Waals surface area contributed by atoms with Crippen molar-refractivity contribution in [2.75, 3.05) is 26.2 Å². The SMILES string of the molecule is O=C1C=CC=C(C2=CN(CCN3CCC(c4ccccc4C(=O)NCc4cccs4)CC3)C=CO2)C1. The number of rotatable bonds is 8. The average Bonchev–Trinajstić information content (AvgIpc) is 3.45. The Balaban J connectivity index is 1.13. The van der Waals surface area contributed by atoms with Gasteiger partial charge in [0.1, 0.15) is 12.0 Å². The van der Waals surface area contributed by atoms with Crippen LogP contribution in [-0.2, 0) is 16.1 Å². The summed E-state index contributed by atoms with van der Waals surface area (Å²) < 4.78 is 5.66. The van der Waals surface area contributed by atoms with Gasteiger partial charge in [0, 0.05) is 47.9 Å². The van der Waals surface area contributed by atoms with Crippen molar-refractivity contribution in [3.05, 3.63) is 106 Å². The molecule has 0 radical (unpaired) electrons. The number of carbonyl (C=O) groups is 2. The molecule has 3 heterocycles. The molecule has 1 aromatic carbocycles. The van der Waals surface area contributed by atoms with Crippen LogP contribution in [0.4, 0.5) is 0 Å². The molecule has 7 heteroatoms. The Labute approximate surface area is 216 Å². The number of hydrogen-bond donors (Lipinski definition) is 1. The maximum atomic E-state index is 12.9. The topological polar surface area (TPSA) is 61.9 Å². The highest BCUT2D eigenvalue weighted by Gasteiger charge is 2.24. The van der Waals surface area contributed by atoms with Crippen LogP contribution in [0.5, 0.6) is 0 Å². The molecule has 1 saturated heterocycles. The summed E-state index contributed by atoms with van der Waals surface area (Å²) in [6.07, 6.45) is 13.4. The van der Waals surface area contributed by atoms with E-state index in [1.807, 2.05) is 54.2 Å². The minimum Gasteiger partial charge on any atom is -0.462 e. The van der Waals surface area contributed by atoms with E-state index in [9.17, 15) is 9.59 Å². The second kappa shape index (κ2) is 11.5. The molecule has 2 aromatic rings. The average molecular weight is 502 g/mol. The van der Waals surface area contributed by atoms with Crippen molar-refractivity contribution in [3.8, 4) is 0 Å². The van der Waals surface area contributed by atoms with Crippen molar-refractivity contribution >= 4 is 23.0 Å². The summed E-state index contributed by atoms with van der Waals surface area (Å²) in [6, 6.07) is 12.1. The number of benzene rings is 1. The number of carbonyl (C=O) groups excluding carboxylic acids is 2. The van der Waals surface area contributed by atoms with Crippen molar-refractivity contribution < 1.29 is 14.3 Å². The number of hydrogen-bond acceptors (Lipinski definition) is 6. The molecule has 0 saturated carbocycles. The van der Waals surface area contributed by atoms with E-state index in [-0.39, 0.29) is 11.7 Å².